The van der Waals surface area contributed by atoms with E-state index < -0.39 is 21.8 Å². The van der Waals surface area contributed by atoms with Crippen LogP contribution in [0.1, 0.15) is 39.1 Å². The number of rotatable bonds is 5. The van der Waals surface area contributed by atoms with Crippen molar-refractivity contribution in [1.29, 1.82) is 0 Å². The van der Waals surface area contributed by atoms with Gasteiger partial charge in [0, 0.05) is 19.0 Å². The zero-order valence-corrected chi connectivity index (χ0v) is 15.0. The van der Waals surface area contributed by atoms with Crippen LogP contribution in [0.4, 0.5) is 0 Å². The first-order valence-electron chi connectivity index (χ1n) is 8.36. The van der Waals surface area contributed by atoms with E-state index in [4.69, 9.17) is 0 Å². The molecule has 7 heteroatoms. The van der Waals surface area contributed by atoms with Crippen LogP contribution in [0.15, 0.2) is 53.4 Å². The van der Waals surface area contributed by atoms with Crippen molar-refractivity contribution in [1.82, 2.24) is 9.62 Å². The van der Waals surface area contributed by atoms with Crippen LogP contribution in [-0.2, 0) is 15.4 Å². The Morgan fingerprint density at radius 3 is 2.31 bits per heavy atom. The fourth-order valence-corrected chi connectivity index (χ4v) is 4.49. The summed E-state index contributed by atoms with van der Waals surface area (Å²) >= 11 is 0. The lowest BCUT2D eigenvalue weighted by Crippen LogP contribution is -2.32. The summed E-state index contributed by atoms with van der Waals surface area (Å²) in [6.45, 7) is 0.309. The number of amides is 2. The molecule has 0 radical (unpaired) electrons. The fraction of sp³-hybridized carbons (Fsp3) is 0.263. The lowest BCUT2D eigenvalue weighted by molar-refractivity contribution is 0.0693. The van der Waals surface area contributed by atoms with Crippen LogP contribution in [0.3, 0.4) is 0 Å². The Hall–Kier alpha value is -2.51. The molecule has 134 valence electrons. The van der Waals surface area contributed by atoms with Crippen molar-refractivity contribution in [2.45, 2.75) is 23.2 Å². The van der Waals surface area contributed by atoms with Gasteiger partial charge in [-0.1, -0.05) is 30.3 Å². The number of hydrogen-bond acceptors (Lipinski definition) is 4. The number of benzene rings is 2. The SMILES string of the molecule is CN1C(=O)c2ccc(S(=O)(=O)NCC3(c4ccccc4)CC3)cc2C1=O. The number of sulfonamides is 1. The first-order valence-corrected chi connectivity index (χ1v) is 9.84. The van der Waals surface area contributed by atoms with Crippen molar-refractivity contribution in [2.24, 2.45) is 0 Å². The van der Waals surface area contributed by atoms with E-state index in [0.717, 1.165) is 23.3 Å². The Balaban J connectivity index is 1.57. The standard InChI is InChI=1S/C19H18N2O4S/c1-21-17(22)15-8-7-14(11-16(15)18(21)23)26(24,25)20-12-19(9-10-19)13-5-3-2-4-6-13/h2-8,11,20H,9-10,12H2,1H3. The van der Waals surface area contributed by atoms with Crippen molar-refractivity contribution in [3.63, 3.8) is 0 Å². The third-order valence-electron chi connectivity index (χ3n) is 5.21. The van der Waals surface area contributed by atoms with Gasteiger partial charge in [0.15, 0.2) is 0 Å². The van der Waals surface area contributed by atoms with Crippen LogP contribution in [-0.4, -0.2) is 38.7 Å². The van der Waals surface area contributed by atoms with Gasteiger partial charge in [-0.2, -0.15) is 0 Å². The van der Waals surface area contributed by atoms with Crippen molar-refractivity contribution in [3.8, 4) is 0 Å². The van der Waals surface area contributed by atoms with Crippen molar-refractivity contribution in [2.75, 3.05) is 13.6 Å². The van der Waals surface area contributed by atoms with Crippen LogP contribution in [0.5, 0.6) is 0 Å². The van der Waals surface area contributed by atoms with Crippen LogP contribution < -0.4 is 4.72 Å². The van der Waals surface area contributed by atoms with Gasteiger partial charge < -0.3 is 0 Å². The molecule has 0 spiro atoms. The van der Waals surface area contributed by atoms with Gasteiger partial charge in [-0.3, -0.25) is 14.5 Å². The normalized spacial score (nSPS) is 18.1. The largest absolute Gasteiger partial charge is 0.277 e. The van der Waals surface area contributed by atoms with Crippen molar-refractivity contribution >= 4 is 21.8 Å². The highest BCUT2D eigenvalue weighted by Crippen LogP contribution is 2.47. The average molecular weight is 370 g/mol. The number of nitrogens with zero attached hydrogens (tertiary/aromatic N) is 1. The molecule has 1 heterocycles. The van der Waals surface area contributed by atoms with E-state index in [1.807, 2.05) is 30.3 Å². The van der Waals surface area contributed by atoms with Gasteiger partial charge in [-0.05, 0) is 36.6 Å². The predicted octanol–water partition coefficient (Wildman–Crippen LogP) is 1.92. The number of nitrogens with one attached hydrogen (secondary N) is 1. The monoisotopic (exact) mass is 370 g/mol. The molecule has 1 saturated carbocycles. The minimum Gasteiger partial charge on any atom is -0.277 e. The minimum atomic E-state index is -3.77. The van der Waals surface area contributed by atoms with Gasteiger partial charge in [0.2, 0.25) is 10.0 Å². The molecule has 1 N–H and O–H groups in total. The van der Waals surface area contributed by atoms with Gasteiger partial charge in [0.25, 0.3) is 11.8 Å². The molecule has 1 fully saturated rings. The molecule has 1 aliphatic heterocycles. The van der Waals surface area contributed by atoms with Gasteiger partial charge in [-0.25, -0.2) is 13.1 Å². The fourth-order valence-electron chi connectivity index (χ4n) is 3.33. The maximum atomic E-state index is 12.7. The summed E-state index contributed by atoms with van der Waals surface area (Å²) in [6.07, 6.45) is 1.86. The first kappa shape index (κ1) is 16.9. The summed E-state index contributed by atoms with van der Waals surface area (Å²) in [5, 5.41) is 0. The van der Waals surface area contributed by atoms with Crippen LogP contribution >= 0.6 is 0 Å². The lowest BCUT2D eigenvalue weighted by atomic mass is 9.96. The number of carbonyl (C=O) groups excluding carboxylic acids is 2. The molecular weight excluding hydrogens is 352 g/mol. The zero-order chi connectivity index (χ0) is 18.5. The molecule has 0 bridgehead atoms. The van der Waals surface area contributed by atoms with Crippen LogP contribution in [0.2, 0.25) is 0 Å². The molecule has 26 heavy (non-hydrogen) atoms. The summed E-state index contributed by atoms with van der Waals surface area (Å²) in [7, 11) is -2.39. The summed E-state index contributed by atoms with van der Waals surface area (Å²) in [5.41, 5.74) is 1.33. The molecule has 4 rings (SSSR count). The van der Waals surface area contributed by atoms with E-state index in [9.17, 15) is 18.0 Å². The van der Waals surface area contributed by atoms with E-state index >= 15 is 0 Å². The second kappa shape index (κ2) is 5.75. The number of carbonyl (C=O) groups is 2. The maximum absolute atomic E-state index is 12.7. The summed E-state index contributed by atoms with van der Waals surface area (Å²) < 4.78 is 28.0. The molecule has 2 aromatic rings. The number of hydrogen-bond donors (Lipinski definition) is 1. The molecule has 6 nitrogen and oxygen atoms in total. The topological polar surface area (TPSA) is 83.6 Å². The van der Waals surface area contributed by atoms with E-state index in [0.29, 0.717) is 6.54 Å². The highest BCUT2D eigenvalue weighted by molar-refractivity contribution is 7.89. The molecule has 2 aliphatic rings. The Kier molecular flexibility index (Phi) is 3.75. The Bertz CT molecular complexity index is 1010. The maximum Gasteiger partial charge on any atom is 0.261 e. The van der Waals surface area contributed by atoms with Crippen molar-refractivity contribution < 1.29 is 18.0 Å². The summed E-state index contributed by atoms with van der Waals surface area (Å²) in [6, 6.07) is 13.9. The highest BCUT2D eigenvalue weighted by Gasteiger charge is 2.44. The Morgan fingerprint density at radius 1 is 1.00 bits per heavy atom. The van der Waals surface area contributed by atoms with E-state index in [1.165, 1.54) is 25.2 Å². The Labute approximate surface area is 151 Å². The number of fused-ring (bicyclic) bond motifs is 1. The third-order valence-corrected chi connectivity index (χ3v) is 6.61. The molecular formula is C19H18N2O4S. The quantitative estimate of drug-likeness (QED) is 0.815. The van der Waals surface area contributed by atoms with E-state index in [2.05, 4.69) is 4.72 Å². The summed E-state index contributed by atoms with van der Waals surface area (Å²) in [5.74, 6) is -0.895. The molecule has 0 aromatic heterocycles. The Morgan fingerprint density at radius 2 is 1.65 bits per heavy atom. The van der Waals surface area contributed by atoms with E-state index in [-0.39, 0.29) is 21.4 Å². The highest BCUT2D eigenvalue weighted by atomic mass is 32.2. The summed E-state index contributed by atoms with van der Waals surface area (Å²) in [4.78, 5) is 25.0. The van der Waals surface area contributed by atoms with Gasteiger partial charge >= 0.3 is 0 Å². The van der Waals surface area contributed by atoms with Crippen LogP contribution in [0.25, 0.3) is 0 Å². The first-order chi connectivity index (χ1) is 12.3. The molecule has 0 unspecified atom stereocenters. The third kappa shape index (κ3) is 2.64. The number of imide groups is 1. The second-order valence-electron chi connectivity index (χ2n) is 6.85. The lowest BCUT2D eigenvalue weighted by Gasteiger charge is -2.17. The second-order valence-corrected chi connectivity index (χ2v) is 8.61. The smallest absolute Gasteiger partial charge is 0.261 e. The van der Waals surface area contributed by atoms with Crippen molar-refractivity contribution in [3.05, 3.63) is 65.2 Å². The minimum absolute atomic E-state index is 0.00318. The zero-order valence-electron chi connectivity index (χ0n) is 14.2. The predicted molar refractivity (Wildman–Crippen MR) is 95.4 cm³/mol. The molecule has 2 aromatic carbocycles. The van der Waals surface area contributed by atoms with Gasteiger partial charge in [-0.15, -0.1) is 0 Å². The van der Waals surface area contributed by atoms with Crippen LogP contribution in [0, 0.1) is 0 Å². The van der Waals surface area contributed by atoms with Gasteiger partial charge in [0.05, 0.1) is 16.0 Å². The molecule has 0 saturated heterocycles. The molecule has 0 atom stereocenters. The molecule has 1 aliphatic carbocycles. The van der Waals surface area contributed by atoms with Gasteiger partial charge in [0.1, 0.15) is 0 Å². The van der Waals surface area contributed by atoms with E-state index in [1.54, 1.807) is 0 Å². The average Bonchev–Trinajstić information content (AvgIpc) is 3.42. The molecule has 2 amide bonds.